The van der Waals surface area contributed by atoms with E-state index in [0.29, 0.717) is 6.61 Å². The van der Waals surface area contributed by atoms with Gasteiger partial charge in [0.15, 0.2) is 0 Å². The predicted molar refractivity (Wildman–Crippen MR) is 88.7 cm³/mol. The van der Waals surface area contributed by atoms with Crippen LogP contribution in [0.4, 0.5) is 0 Å². The largest absolute Gasteiger partial charge is 0.508 e. The lowest BCUT2D eigenvalue weighted by Crippen LogP contribution is -2.26. The molecule has 0 radical (unpaired) electrons. The zero-order valence-electron chi connectivity index (χ0n) is 13.5. The third kappa shape index (κ3) is 3.24. The van der Waals surface area contributed by atoms with Crippen molar-refractivity contribution >= 4 is 0 Å². The molecule has 24 heavy (non-hydrogen) atoms. The van der Waals surface area contributed by atoms with E-state index < -0.39 is 0 Å². The summed E-state index contributed by atoms with van der Waals surface area (Å²) in [4.78, 5) is 0. The molecule has 0 aliphatic carbocycles. The van der Waals surface area contributed by atoms with Crippen LogP contribution in [-0.2, 0) is 9.47 Å². The van der Waals surface area contributed by atoms with Crippen LogP contribution in [0.1, 0.15) is 23.3 Å². The maximum Gasteiger partial charge on any atom is 0.115 e. The zero-order chi connectivity index (χ0) is 17.1. The summed E-state index contributed by atoms with van der Waals surface area (Å²) in [5, 5.41) is 28.8. The molecule has 5 heteroatoms. The number of hydrogen-bond acceptors (Lipinski definition) is 5. The van der Waals surface area contributed by atoms with Gasteiger partial charge in [0, 0.05) is 25.6 Å². The first-order valence-electron chi connectivity index (χ1n) is 7.97. The molecule has 1 fully saturated rings. The molecule has 0 aromatic heterocycles. The van der Waals surface area contributed by atoms with Crippen molar-refractivity contribution < 1.29 is 24.8 Å². The molecule has 0 bridgehead atoms. The lowest BCUT2D eigenvalue weighted by molar-refractivity contribution is 0.0244. The number of ether oxygens (including phenoxy) is 2. The van der Waals surface area contributed by atoms with Crippen molar-refractivity contribution in [1.29, 1.82) is 0 Å². The molecule has 1 aliphatic rings. The molecule has 1 aliphatic heterocycles. The lowest BCUT2D eigenvalue weighted by atomic mass is 9.82. The van der Waals surface area contributed by atoms with Gasteiger partial charge in [0.1, 0.15) is 11.5 Å². The Morgan fingerprint density at radius 2 is 1.62 bits per heavy atom. The van der Waals surface area contributed by atoms with Crippen molar-refractivity contribution in [1.82, 2.24) is 0 Å². The highest BCUT2D eigenvalue weighted by Crippen LogP contribution is 2.45. The molecule has 0 amide bonds. The van der Waals surface area contributed by atoms with E-state index in [0.717, 1.165) is 11.1 Å². The molecular weight excluding hydrogens is 308 g/mol. The molecule has 4 unspecified atom stereocenters. The molecule has 2 aromatic rings. The van der Waals surface area contributed by atoms with Gasteiger partial charge in [-0.25, -0.2) is 0 Å². The standard InChI is InChI=1S/C19H22O5/c1-23-18(12-2-6-14(21)7-3-12)17-11-24-19(16(17)10-20)13-4-8-15(22)9-5-13/h2-9,16-22H,10-11H2,1H3. The number of methoxy groups -OCH3 is 1. The van der Waals surface area contributed by atoms with Crippen LogP contribution in [0.15, 0.2) is 48.5 Å². The van der Waals surface area contributed by atoms with E-state index in [1.165, 1.54) is 0 Å². The van der Waals surface area contributed by atoms with E-state index >= 15 is 0 Å². The third-order valence-corrected chi connectivity index (χ3v) is 4.70. The van der Waals surface area contributed by atoms with Gasteiger partial charge in [0.25, 0.3) is 0 Å². The van der Waals surface area contributed by atoms with Gasteiger partial charge in [-0.1, -0.05) is 24.3 Å². The van der Waals surface area contributed by atoms with Crippen LogP contribution in [0, 0.1) is 11.8 Å². The molecule has 0 saturated carbocycles. The van der Waals surface area contributed by atoms with Gasteiger partial charge in [-0.05, 0) is 35.4 Å². The average Bonchev–Trinajstić information content (AvgIpc) is 3.01. The van der Waals surface area contributed by atoms with Crippen LogP contribution in [0.3, 0.4) is 0 Å². The summed E-state index contributed by atoms with van der Waals surface area (Å²) >= 11 is 0. The fraction of sp³-hybridized carbons (Fsp3) is 0.368. The van der Waals surface area contributed by atoms with E-state index in [2.05, 4.69) is 0 Å². The maximum absolute atomic E-state index is 9.93. The molecule has 1 heterocycles. The number of aliphatic hydroxyl groups excluding tert-OH is 1. The SMILES string of the molecule is COC(c1ccc(O)cc1)C1COC(c2ccc(O)cc2)C1CO. The maximum atomic E-state index is 9.93. The fourth-order valence-electron chi connectivity index (χ4n) is 3.46. The number of aliphatic hydroxyl groups is 1. The van der Waals surface area contributed by atoms with Crippen LogP contribution < -0.4 is 0 Å². The van der Waals surface area contributed by atoms with Gasteiger partial charge in [0.2, 0.25) is 0 Å². The van der Waals surface area contributed by atoms with Crippen LogP contribution in [0.2, 0.25) is 0 Å². The van der Waals surface area contributed by atoms with Gasteiger partial charge in [0.05, 0.1) is 18.8 Å². The van der Waals surface area contributed by atoms with Crippen LogP contribution in [-0.4, -0.2) is 35.6 Å². The Kier molecular flexibility index (Phi) is 5.04. The second-order valence-corrected chi connectivity index (χ2v) is 6.10. The van der Waals surface area contributed by atoms with Crippen molar-refractivity contribution in [3.05, 3.63) is 59.7 Å². The van der Waals surface area contributed by atoms with E-state index in [9.17, 15) is 15.3 Å². The molecule has 3 rings (SSSR count). The minimum absolute atomic E-state index is 0.0108. The van der Waals surface area contributed by atoms with E-state index in [4.69, 9.17) is 9.47 Å². The van der Waals surface area contributed by atoms with Crippen LogP contribution in [0.5, 0.6) is 11.5 Å². The molecule has 3 N–H and O–H groups in total. The topological polar surface area (TPSA) is 79.2 Å². The predicted octanol–water partition coefficient (Wildman–Crippen LogP) is 2.78. The van der Waals surface area contributed by atoms with Crippen LogP contribution in [0.25, 0.3) is 0 Å². The fourth-order valence-corrected chi connectivity index (χ4v) is 3.46. The van der Waals surface area contributed by atoms with Crippen molar-refractivity contribution in [2.24, 2.45) is 11.8 Å². The quantitative estimate of drug-likeness (QED) is 0.786. The Balaban J connectivity index is 1.84. The number of aromatic hydroxyl groups is 2. The number of benzene rings is 2. The summed E-state index contributed by atoms with van der Waals surface area (Å²) in [5.41, 5.74) is 1.86. The Labute approximate surface area is 141 Å². The molecule has 128 valence electrons. The Morgan fingerprint density at radius 1 is 1.04 bits per heavy atom. The number of phenolic OH excluding ortho intramolecular Hbond substituents is 2. The Bertz CT molecular complexity index is 652. The van der Waals surface area contributed by atoms with Crippen LogP contribution >= 0.6 is 0 Å². The van der Waals surface area contributed by atoms with Gasteiger partial charge < -0.3 is 24.8 Å². The van der Waals surface area contributed by atoms with Gasteiger partial charge in [-0.15, -0.1) is 0 Å². The zero-order valence-corrected chi connectivity index (χ0v) is 13.5. The first-order valence-corrected chi connectivity index (χ1v) is 7.97. The minimum Gasteiger partial charge on any atom is -0.508 e. The second kappa shape index (κ2) is 7.21. The smallest absolute Gasteiger partial charge is 0.115 e. The molecular formula is C19H22O5. The number of rotatable bonds is 5. The highest BCUT2D eigenvalue weighted by molar-refractivity contribution is 5.30. The van der Waals surface area contributed by atoms with E-state index in [1.807, 2.05) is 24.3 Å². The number of phenols is 2. The molecule has 4 atom stereocenters. The van der Waals surface area contributed by atoms with Gasteiger partial charge in [-0.2, -0.15) is 0 Å². The molecule has 2 aromatic carbocycles. The highest BCUT2D eigenvalue weighted by atomic mass is 16.5. The summed E-state index contributed by atoms with van der Waals surface area (Å²) in [6.45, 7) is 0.449. The molecule has 1 saturated heterocycles. The molecule has 5 nitrogen and oxygen atoms in total. The Hall–Kier alpha value is -2.08. The van der Waals surface area contributed by atoms with Gasteiger partial charge in [-0.3, -0.25) is 0 Å². The normalized spacial score (nSPS) is 24.8. The summed E-state index contributed by atoms with van der Waals surface area (Å²) in [6, 6.07) is 13.8. The first kappa shape index (κ1) is 16.8. The van der Waals surface area contributed by atoms with Crippen molar-refractivity contribution in [2.45, 2.75) is 12.2 Å². The van der Waals surface area contributed by atoms with Gasteiger partial charge >= 0.3 is 0 Å². The number of hydrogen-bond donors (Lipinski definition) is 3. The third-order valence-electron chi connectivity index (χ3n) is 4.70. The summed E-state index contributed by atoms with van der Waals surface area (Å²) < 4.78 is 11.6. The molecule has 0 spiro atoms. The first-order chi connectivity index (χ1) is 11.6. The summed E-state index contributed by atoms with van der Waals surface area (Å²) in [5.74, 6) is 0.279. The minimum atomic E-state index is -0.240. The monoisotopic (exact) mass is 330 g/mol. The van der Waals surface area contributed by atoms with Crippen molar-refractivity contribution in [3.63, 3.8) is 0 Å². The van der Waals surface area contributed by atoms with E-state index in [-0.39, 0.29) is 42.1 Å². The van der Waals surface area contributed by atoms with Crippen molar-refractivity contribution in [3.8, 4) is 11.5 Å². The summed E-state index contributed by atoms with van der Waals surface area (Å²) in [7, 11) is 1.64. The van der Waals surface area contributed by atoms with Crippen molar-refractivity contribution in [2.75, 3.05) is 20.3 Å². The van der Waals surface area contributed by atoms with E-state index in [1.54, 1.807) is 31.4 Å². The lowest BCUT2D eigenvalue weighted by Gasteiger charge is -2.27. The summed E-state index contributed by atoms with van der Waals surface area (Å²) in [6.07, 6.45) is -0.472. The second-order valence-electron chi connectivity index (χ2n) is 6.10. The average molecular weight is 330 g/mol. The highest BCUT2D eigenvalue weighted by Gasteiger charge is 2.42. The Morgan fingerprint density at radius 3 is 2.17 bits per heavy atom.